The highest BCUT2D eigenvalue weighted by Gasteiger charge is 2.20. The minimum absolute atomic E-state index is 0.0592. The summed E-state index contributed by atoms with van der Waals surface area (Å²) in [5.41, 5.74) is 0.789. The van der Waals surface area contributed by atoms with Crippen LogP contribution in [0.1, 0.15) is 18.4 Å². The summed E-state index contributed by atoms with van der Waals surface area (Å²) in [6, 6.07) is 4.43. The van der Waals surface area contributed by atoms with Crippen LogP contribution in [0.5, 0.6) is 0 Å². The first-order valence-corrected chi connectivity index (χ1v) is 6.44. The van der Waals surface area contributed by atoms with Gasteiger partial charge in [0, 0.05) is 6.54 Å². The van der Waals surface area contributed by atoms with Crippen LogP contribution in [0.2, 0.25) is 5.02 Å². The molecule has 0 bridgehead atoms. The zero-order valence-electron chi connectivity index (χ0n) is 10.0. The highest BCUT2D eigenvalue weighted by molar-refractivity contribution is 6.30. The standard InChI is InChI=1S/C13H16ClFN2O/c14-11-5-10(3-4-12(11)15)7-17-13(18)8-16-6-9-1-2-9/h3-5,9,16H,1-2,6-8H2,(H,17,18). The second-order valence-electron chi connectivity index (χ2n) is 4.60. The Hall–Kier alpha value is -1.13. The van der Waals surface area contributed by atoms with Gasteiger partial charge in [0.15, 0.2) is 0 Å². The topological polar surface area (TPSA) is 41.1 Å². The maximum absolute atomic E-state index is 12.9. The second kappa shape index (κ2) is 6.16. The van der Waals surface area contributed by atoms with E-state index in [1.165, 1.54) is 25.0 Å². The molecule has 18 heavy (non-hydrogen) atoms. The van der Waals surface area contributed by atoms with Crippen molar-refractivity contribution < 1.29 is 9.18 Å². The molecule has 0 spiro atoms. The molecule has 0 aromatic heterocycles. The molecular formula is C13H16ClFN2O. The lowest BCUT2D eigenvalue weighted by atomic mass is 10.2. The summed E-state index contributed by atoms with van der Waals surface area (Å²) in [6.45, 7) is 1.60. The lowest BCUT2D eigenvalue weighted by Gasteiger charge is -2.07. The lowest BCUT2D eigenvalue weighted by molar-refractivity contribution is -0.120. The minimum Gasteiger partial charge on any atom is -0.351 e. The monoisotopic (exact) mass is 270 g/mol. The van der Waals surface area contributed by atoms with Crippen LogP contribution in [0, 0.1) is 11.7 Å². The summed E-state index contributed by atoms with van der Waals surface area (Å²) in [5, 5.41) is 5.94. The smallest absolute Gasteiger partial charge is 0.234 e. The second-order valence-corrected chi connectivity index (χ2v) is 5.01. The average molecular weight is 271 g/mol. The summed E-state index contributed by atoms with van der Waals surface area (Å²) < 4.78 is 12.9. The fourth-order valence-electron chi connectivity index (χ4n) is 1.62. The van der Waals surface area contributed by atoms with Gasteiger partial charge >= 0.3 is 0 Å². The molecule has 0 atom stereocenters. The molecule has 1 fully saturated rings. The number of halogens is 2. The van der Waals surface area contributed by atoms with E-state index >= 15 is 0 Å². The lowest BCUT2D eigenvalue weighted by Crippen LogP contribution is -2.34. The molecule has 0 radical (unpaired) electrons. The van der Waals surface area contributed by atoms with Crippen molar-refractivity contribution >= 4 is 17.5 Å². The van der Waals surface area contributed by atoms with Crippen LogP contribution in [-0.4, -0.2) is 19.0 Å². The van der Waals surface area contributed by atoms with Gasteiger partial charge in [0.1, 0.15) is 5.82 Å². The van der Waals surface area contributed by atoms with Gasteiger partial charge in [0.05, 0.1) is 11.6 Å². The quantitative estimate of drug-likeness (QED) is 0.831. The minimum atomic E-state index is -0.446. The van der Waals surface area contributed by atoms with E-state index in [9.17, 15) is 9.18 Å². The van der Waals surface area contributed by atoms with E-state index in [4.69, 9.17) is 11.6 Å². The number of benzene rings is 1. The van der Waals surface area contributed by atoms with Crippen molar-refractivity contribution in [2.75, 3.05) is 13.1 Å². The molecule has 98 valence electrons. The van der Waals surface area contributed by atoms with Gasteiger partial charge in [-0.1, -0.05) is 17.7 Å². The van der Waals surface area contributed by atoms with E-state index in [0.717, 1.165) is 18.0 Å². The maximum atomic E-state index is 12.9. The van der Waals surface area contributed by atoms with E-state index in [0.29, 0.717) is 13.1 Å². The number of amides is 1. The van der Waals surface area contributed by atoms with Gasteiger partial charge in [-0.15, -0.1) is 0 Å². The normalized spacial score (nSPS) is 14.6. The highest BCUT2D eigenvalue weighted by atomic mass is 35.5. The van der Waals surface area contributed by atoms with Crippen LogP contribution in [0.15, 0.2) is 18.2 Å². The first-order valence-electron chi connectivity index (χ1n) is 6.06. The molecule has 2 N–H and O–H groups in total. The Morgan fingerprint density at radius 1 is 1.44 bits per heavy atom. The van der Waals surface area contributed by atoms with Gasteiger partial charge < -0.3 is 10.6 Å². The molecule has 1 aromatic carbocycles. The van der Waals surface area contributed by atoms with Crippen molar-refractivity contribution in [1.29, 1.82) is 0 Å². The van der Waals surface area contributed by atoms with Gasteiger partial charge in [0.25, 0.3) is 0 Å². The van der Waals surface area contributed by atoms with Crippen molar-refractivity contribution in [3.63, 3.8) is 0 Å². The Bertz CT molecular complexity index is 435. The van der Waals surface area contributed by atoms with E-state index < -0.39 is 5.82 Å². The Kier molecular flexibility index (Phi) is 4.55. The Morgan fingerprint density at radius 2 is 2.22 bits per heavy atom. The van der Waals surface area contributed by atoms with Crippen molar-refractivity contribution in [3.8, 4) is 0 Å². The number of carbonyl (C=O) groups excluding carboxylic acids is 1. The predicted molar refractivity (Wildman–Crippen MR) is 68.9 cm³/mol. The zero-order valence-corrected chi connectivity index (χ0v) is 10.8. The van der Waals surface area contributed by atoms with Crippen LogP contribution in [0.4, 0.5) is 4.39 Å². The summed E-state index contributed by atoms with van der Waals surface area (Å²) >= 11 is 5.65. The third kappa shape index (κ3) is 4.27. The van der Waals surface area contributed by atoms with Crippen molar-refractivity contribution in [2.45, 2.75) is 19.4 Å². The summed E-state index contributed by atoms with van der Waals surface area (Å²) in [6.07, 6.45) is 2.53. The van der Waals surface area contributed by atoms with E-state index in [2.05, 4.69) is 10.6 Å². The molecule has 0 unspecified atom stereocenters. The Balaban J connectivity index is 1.68. The number of hydrogen-bond acceptors (Lipinski definition) is 2. The van der Waals surface area contributed by atoms with Crippen LogP contribution >= 0.6 is 11.6 Å². The highest BCUT2D eigenvalue weighted by Crippen LogP contribution is 2.27. The van der Waals surface area contributed by atoms with Gasteiger partial charge in [0.2, 0.25) is 5.91 Å². The average Bonchev–Trinajstić information content (AvgIpc) is 3.15. The Labute approximate surface area is 111 Å². The molecule has 1 aliphatic carbocycles. The molecule has 3 nitrogen and oxygen atoms in total. The van der Waals surface area contributed by atoms with Crippen LogP contribution < -0.4 is 10.6 Å². The molecule has 0 saturated heterocycles. The molecule has 2 rings (SSSR count). The third-order valence-electron chi connectivity index (χ3n) is 2.89. The van der Waals surface area contributed by atoms with Gasteiger partial charge in [-0.25, -0.2) is 4.39 Å². The molecule has 5 heteroatoms. The van der Waals surface area contributed by atoms with Crippen LogP contribution in [0.25, 0.3) is 0 Å². The van der Waals surface area contributed by atoms with Gasteiger partial charge in [-0.05, 0) is 43.0 Å². The van der Waals surface area contributed by atoms with Crippen molar-refractivity contribution in [2.24, 2.45) is 5.92 Å². The van der Waals surface area contributed by atoms with Crippen LogP contribution in [-0.2, 0) is 11.3 Å². The van der Waals surface area contributed by atoms with E-state index in [1.807, 2.05) is 0 Å². The Morgan fingerprint density at radius 3 is 2.89 bits per heavy atom. The van der Waals surface area contributed by atoms with Crippen molar-refractivity contribution in [3.05, 3.63) is 34.6 Å². The molecule has 1 aromatic rings. The largest absolute Gasteiger partial charge is 0.351 e. The van der Waals surface area contributed by atoms with Crippen LogP contribution in [0.3, 0.4) is 0 Å². The number of nitrogens with one attached hydrogen (secondary N) is 2. The van der Waals surface area contributed by atoms with E-state index in [-0.39, 0.29) is 10.9 Å². The van der Waals surface area contributed by atoms with Gasteiger partial charge in [-0.3, -0.25) is 4.79 Å². The molecule has 1 saturated carbocycles. The van der Waals surface area contributed by atoms with Gasteiger partial charge in [-0.2, -0.15) is 0 Å². The van der Waals surface area contributed by atoms with E-state index in [1.54, 1.807) is 6.07 Å². The molecule has 0 aliphatic heterocycles. The number of carbonyl (C=O) groups is 1. The number of hydrogen-bond donors (Lipinski definition) is 2. The summed E-state index contributed by atoms with van der Waals surface area (Å²) in [5.74, 6) is 0.252. The predicted octanol–water partition coefficient (Wildman–Crippen LogP) is 2.09. The zero-order chi connectivity index (χ0) is 13.0. The third-order valence-corrected chi connectivity index (χ3v) is 3.18. The fourth-order valence-corrected chi connectivity index (χ4v) is 1.83. The van der Waals surface area contributed by atoms with Crippen molar-refractivity contribution in [1.82, 2.24) is 10.6 Å². The fraction of sp³-hybridized carbons (Fsp3) is 0.462. The first kappa shape index (κ1) is 13.3. The molecule has 0 heterocycles. The molecular weight excluding hydrogens is 255 g/mol. The number of rotatable bonds is 6. The summed E-state index contributed by atoms with van der Waals surface area (Å²) in [7, 11) is 0. The maximum Gasteiger partial charge on any atom is 0.234 e. The molecule has 1 amide bonds. The molecule has 1 aliphatic rings. The first-order chi connectivity index (χ1) is 8.65. The summed E-state index contributed by atoms with van der Waals surface area (Å²) in [4.78, 5) is 11.5. The SMILES string of the molecule is O=C(CNCC1CC1)NCc1ccc(F)c(Cl)c1.